The minimum absolute atomic E-state index is 0.832. The van der Waals surface area contributed by atoms with E-state index in [1.807, 2.05) is 0 Å². The van der Waals surface area contributed by atoms with Crippen molar-refractivity contribution < 1.29 is 4.74 Å². The number of hydrogen-bond donors (Lipinski definition) is 0. The van der Waals surface area contributed by atoms with E-state index in [4.69, 9.17) is 4.74 Å². The molecule has 0 radical (unpaired) electrons. The molecule has 0 spiro atoms. The zero-order valence-electron chi connectivity index (χ0n) is 14.5. The van der Waals surface area contributed by atoms with Crippen molar-refractivity contribution in [3.63, 3.8) is 0 Å². The van der Waals surface area contributed by atoms with Gasteiger partial charge in [0.2, 0.25) is 0 Å². The second-order valence-corrected chi connectivity index (χ2v) is 7.58. The molecule has 0 aromatic heterocycles. The van der Waals surface area contributed by atoms with Crippen LogP contribution >= 0.6 is 15.9 Å². The van der Waals surface area contributed by atoms with Crippen molar-refractivity contribution >= 4 is 26.7 Å². The molecule has 4 rings (SSSR count). The summed E-state index contributed by atoms with van der Waals surface area (Å²) in [6, 6.07) is 19.7. The number of hydrogen-bond acceptors (Lipinski definition) is 2. The van der Waals surface area contributed by atoms with Crippen molar-refractivity contribution in [2.24, 2.45) is 0 Å². The van der Waals surface area contributed by atoms with E-state index in [-0.39, 0.29) is 0 Å². The van der Waals surface area contributed by atoms with Crippen molar-refractivity contribution in [2.75, 3.05) is 26.3 Å². The van der Waals surface area contributed by atoms with E-state index in [1.165, 1.54) is 33.0 Å². The summed E-state index contributed by atoms with van der Waals surface area (Å²) < 4.78 is 6.64. The third kappa shape index (κ3) is 3.50. The van der Waals surface area contributed by atoms with Gasteiger partial charge in [0.05, 0.1) is 13.2 Å². The van der Waals surface area contributed by atoms with E-state index in [2.05, 4.69) is 82.4 Å². The Hall–Kier alpha value is -1.68. The molecule has 1 heterocycles. The highest BCUT2D eigenvalue weighted by Crippen LogP contribution is 2.36. The molecule has 0 unspecified atom stereocenters. The molecular formula is C22H22BrNO. The van der Waals surface area contributed by atoms with Crippen LogP contribution in [0.1, 0.15) is 11.1 Å². The second-order valence-electron chi connectivity index (χ2n) is 6.67. The number of fused-ring (bicyclic) bond motifs is 1. The molecule has 3 aromatic carbocycles. The average molecular weight is 396 g/mol. The first-order chi connectivity index (χ1) is 12.2. The fourth-order valence-electron chi connectivity index (χ4n) is 3.67. The predicted octanol–water partition coefficient (Wildman–Crippen LogP) is 5.41. The van der Waals surface area contributed by atoms with Crippen LogP contribution in [0.15, 0.2) is 59.1 Å². The van der Waals surface area contributed by atoms with Gasteiger partial charge in [0.25, 0.3) is 0 Å². The number of morpholine rings is 1. The van der Waals surface area contributed by atoms with Gasteiger partial charge < -0.3 is 4.74 Å². The summed E-state index contributed by atoms with van der Waals surface area (Å²) in [6.07, 6.45) is 0. The third-order valence-corrected chi connectivity index (χ3v) is 5.48. The molecule has 25 heavy (non-hydrogen) atoms. The van der Waals surface area contributed by atoms with Crippen LogP contribution in [-0.4, -0.2) is 31.2 Å². The molecule has 0 N–H and O–H groups in total. The Labute approximate surface area is 157 Å². The Morgan fingerprint density at radius 1 is 1.00 bits per heavy atom. The smallest absolute Gasteiger partial charge is 0.0594 e. The number of halogens is 1. The van der Waals surface area contributed by atoms with Gasteiger partial charge in [-0.2, -0.15) is 0 Å². The second kappa shape index (κ2) is 7.28. The molecule has 1 fully saturated rings. The molecule has 1 saturated heterocycles. The molecule has 0 bridgehead atoms. The van der Waals surface area contributed by atoms with Crippen LogP contribution in [0, 0.1) is 6.92 Å². The molecule has 3 aromatic rings. The van der Waals surface area contributed by atoms with Gasteiger partial charge in [-0.05, 0) is 52.1 Å². The molecule has 128 valence electrons. The highest BCUT2D eigenvalue weighted by molar-refractivity contribution is 9.10. The van der Waals surface area contributed by atoms with Crippen molar-refractivity contribution in [3.05, 3.63) is 70.2 Å². The van der Waals surface area contributed by atoms with E-state index in [0.29, 0.717) is 0 Å². The van der Waals surface area contributed by atoms with E-state index >= 15 is 0 Å². The molecule has 0 aliphatic carbocycles. The standard InChI is InChI=1S/C22H22BrNO/c1-16-13-18-7-8-19(23)14-20(18)22(17-5-3-2-4-6-17)21(16)15-24-9-11-25-12-10-24/h2-8,13-14H,9-12,15H2,1H3. The minimum atomic E-state index is 0.832. The molecule has 0 saturated carbocycles. The van der Waals surface area contributed by atoms with Gasteiger partial charge in [0.1, 0.15) is 0 Å². The number of ether oxygens (including phenoxy) is 1. The van der Waals surface area contributed by atoms with Gasteiger partial charge in [-0.3, -0.25) is 4.90 Å². The summed E-state index contributed by atoms with van der Waals surface area (Å²) in [6.45, 7) is 6.89. The first-order valence-electron chi connectivity index (χ1n) is 8.79. The molecule has 1 aliphatic heterocycles. The summed E-state index contributed by atoms with van der Waals surface area (Å²) in [4.78, 5) is 2.50. The van der Waals surface area contributed by atoms with Gasteiger partial charge in [0, 0.05) is 24.1 Å². The lowest BCUT2D eigenvalue weighted by Crippen LogP contribution is -2.36. The van der Waals surface area contributed by atoms with Gasteiger partial charge in [-0.1, -0.05) is 58.4 Å². The van der Waals surface area contributed by atoms with Gasteiger partial charge in [-0.25, -0.2) is 0 Å². The fraction of sp³-hybridized carbons (Fsp3) is 0.273. The van der Waals surface area contributed by atoms with Crippen molar-refractivity contribution in [3.8, 4) is 11.1 Å². The maximum Gasteiger partial charge on any atom is 0.0594 e. The number of aryl methyl sites for hydroxylation is 1. The third-order valence-electron chi connectivity index (χ3n) is 4.98. The summed E-state index contributed by atoms with van der Waals surface area (Å²) >= 11 is 3.65. The maximum atomic E-state index is 5.52. The van der Waals surface area contributed by atoms with Crippen LogP contribution in [0.3, 0.4) is 0 Å². The lowest BCUT2D eigenvalue weighted by molar-refractivity contribution is 0.0342. The topological polar surface area (TPSA) is 12.5 Å². The summed E-state index contributed by atoms with van der Waals surface area (Å²) in [5.74, 6) is 0. The molecule has 0 amide bonds. The first kappa shape index (κ1) is 16.8. The Bertz CT molecular complexity index is 885. The van der Waals surface area contributed by atoms with Gasteiger partial charge in [-0.15, -0.1) is 0 Å². The highest BCUT2D eigenvalue weighted by Gasteiger charge is 2.18. The number of benzene rings is 3. The van der Waals surface area contributed by atoms with Crippen LogP contribution in [0.25, 0.3) is 21.9 Å². The number of nitrogens with zero attached hydrogens (tertiary/aromatic N) is 1. The summed E-state index contributed by atoms with van der Waals surface area (Å²) in [5.41, 5.74) is 5.44. The molecule has 3 heteroatoms. The monoisotopic (exact) mass is 395 g/mol. The molecule has 1 aliphatic rings. The van der Waals surface area contributed by atoms with E-state index in [0.717, 1.165) is 37.3 Å². The molecule has 2 nitrogen and oxygen atoms in total. The lowest BCUT2D eigenvalue weighted by Gasteiger charge is -2.29. The van der Waals surface area contributed by atoms with Gasteiger partial charge in [0.15, 0.2) is 0 Å². The van der Waals surface area contributed by atoms with Gasteiger partial charge >= 0.3 is 0 Å². The Kier molecular flexibility index (Phi) is 4.89. The normalized spacial score (nSPS) is 15.6. The highest BCUT2D eigenvalue weighted by atomic mass is 79.9. The largest absolute Gasteiger partial charge is 0.379 e. The van der Waals surface area contributed by atoms with Crippen molar-refractivity contribution in [2.45, 2.75) is 13.5 Å². The zero-order chi connectivity index (χ0) is 17.2. The Morgan fingerprint density at radius 3 is 2.52 bits per heavy atom. The Balaban J connectivity index is 1.91. The van der Waals surface area contributed by atoms with Crippen LogP contribution < -0.4 is 0 Å². The number of rotatable bonds is 3. The van der Waals surface area contributed by atoms with Crippen molar-refractivity contribution in [1.29, 1.82) is 0 Å². The van der Waals surface area contributed by atoms with Crippen molar-refractivity contribution in [1.82, 2.24) is 4.90 Å². The SMILES string of the molecule is Cc1cc2ccc(Br)cc2c(-c2ccccc2)c1CN1CCOCC1. The van der Waals surface area contributed by atoms with Crippen LogP contribution in [0.5, 0.6) is 0 Å². The maximum absolute atomic E-state index is 5.52. The van der Waals surface area contributed by atoms with Crippen LogP contribution in [-0.2, 0) is 11.3 Å². The Morgan fingerprint density at radius 2 is 1.76 bits per heavy atom. The average Bonchev–Trinajstić information content (AvgIpc) is 2.64. The fourth-order valence-corrected chi connectivity index (χ4v) is 4.03. The van der Waals surface area contributed by atoms with E-state index < -0.39 is 0 Å². The summed E-state index contributed by atoms with van der Waals surface area (Å²) in [7, 11) is 0. The molecule has 0 atom stereocenters. The van der Waals surface area contributed by atoms with E-state index in [1.54, 1.807) is 0 Å². The quantitative estimate of drug-likeness (QED) is 0.587. The lowest BCUT2D eigenvalue weighted by atomic mass is 9.90. The van der Waals surface area contributed by atoms with Crippen LogP contribution in [0.2, 0.25) is 0 Å². The molecular weight excluding hydrogens is 374 g/mol. The van der Waals surface area contributed by atoms with E-state index in [9.17, 15) is 0 Å². The zero-order valence-corrected chi connectivity index (χ0v) is 16.1. The minimum Gasteiger partial charge on any atom is -0.379 e. The first-order valence-corrected chi connectivity index (χ1v) is 9.59. The summed E-state index contributed by atoms with van der Waals surface area (Å²) in [5, 5.41) is 2.61. The predicted molar refractivity (Wildman–Crippen MR) is 108 cm³/mol. The van der Waals surface area contributed by atoms with Crippen LogP contribution in [0.4, 0.5) is 0 Å².